The molecule has 0 fully saturated rings. The molecule has 0 aliphatic rings. The number of pyridine rings is 1. The van der Waals surface area contributed by atoms with Crippen LogP contribution < -0.4 is 0 Å². The van der Waals surface area contributed by atoms with Crippen LogP contribution in [0.25, 0.3) is 0 Å². The van der Waals surface area contributed by atoms with Crippen molar-refractivity contribution >= 4 is 27.5 Å². The van der Waals surface area contributed by atoms with Gasteiger partial charge in [-0.25, -0.2) is 4.98 Å². The summed E-state index contributed by atoms with van der Waals surface area (Å²) in [4.78, 5) is 3.84. The third-order valence-electron chi connectivity index (χ3n) is 1.17. The molecule has 0 radical (unpaired) electrons. The fourth-order valence-corrected chi connectivity index (χ4v) is 1.40. The van der Waals surface area contributed by atoms with E-state index in [0.29, 0.717) is 11.6 Å². The van der Waals surface area contributed by atoms with Crippen LogP contribution in [0.3, 0.4) is 0 Å². The summed E-state index contributed by atoms with van der Waals surface area (Å²) in [6.45, 7) is 0. The van der Waals surface area contributed by atoms with Gasteiger partial charge in [0.15, 0.2) is 0 Å². The van der Waals surface area contributed by atoms with Crippen molar-refractivity contribution in [2.24, 2.45) is 0 Å². The Kier molecular flexibility index (Phi) is 2.86. The van der Waals surface area contributed by atoms with E-state index in [1.54, 1.807) is 12.3 Å². The van der Waals surface area contributed by atoms with E-state index in [2.05, 4.69) is 20.9 Å². The van der Waals surface area contributed by atoms with Gasteiger partial charge in [-0.05, 0) is 11.6 Å². The minimum absolute atomic E-state index is 0.352. The molecule has 1 heterocycles. The summed E-state index contributed by atoms with van der Waals surface area (Å²) in [5.41, 5.74) is 0.858. The lowest BCUT2D eigenvalue weighted by Crippen LogP contribution is -1.85. The fraction of sp³-hybridized carbons (Fsp3) is 0.143. The third-order valence-corrected chi connectivity index (χ3v) is 2.11. The van der Waals surface area contributed by atoms with Crippen LogP contribution in [0.1, 0.15) is 5.56 Å². The molecule has 1 aromatic rings. The number of halogens is 2. The number of hydrogen-bond acceptors (Lipinski definition) is 2. The van der Waals surface area contributed by atoms with Crippen LogP contribution in [0.4, 0.5) is 0 Å². The van der Waals surface area contributed by atoms with E-state index in [4.69, 9.17) is 16.9 Å². The molecule has 0 aliphatic heterocycles. The molecule has 11 heavy (non-hydrogen) atoms. The van der Waals surface area contributed by atoms with Gasteiger partial charge in [0.1, 0.15) is 5.15 Å². The highest BCUT2D eigenvalue weighted by molar-refractivity contribution is 9.10. The Hall–Kier alpha value is -0.590. The molecule has 0 amide bonds. The second-order valence-corrected chi connectivity index (χ2v) is 3.17. The smallest absolute Gasteiger partial charge is 0.130 e. The van der Waals surface area contributed by atoms with Crippen molar-refractivity contribution in [2.75, 3.05) is 0 Å². The zero-order valence-corrected chi connectivity index (χ0v) is 7.85. The molecule has 0 atom stereocenters. The first-order chi connectivity index (χ1) is 5.24. The number of aromatic nitrogens is 1. The average molecular weight is 231 g/mol. The van der Waals surface area contributed by atoms with E-state index in [1.807, 2.05) is 6.07 Å². The standard InChI is InChI=1S/C7H4BrClN2/c8-6-3-7(9)11-4-5(6)1-2-10/h3-4H,1H2. The second kappa shape index (κ2) is 3.70. The van der Waals surface area contributed by atoms with Crippen LogP contribution in [-0.4, -0.2) is 4.98 Å². The predicted molar refractivity (Wildman–Crippen MR) is 46.3 cm³/mol. The maximum absolute atomic E-state index is 8.38. The molecule has 0 aromatic carbocycles. The van der Waals surface area contributed by atoms with Gasteiger partial charge < -0.3 is 0 Å². The van der Waals surface area contributed by atoms with Crippen LogP contribution in [0.2, 0.25) is 5.15 Å². The van der Waals surface area contributed by atoms with Crippen LogP contribution >= 0.6 is 27.5 Å². The van der Waals surface area contributed by atoms with Crippen molar-refractivity contribution in [3.63, 3.8) is 0 Å². The molecule has 0 saturated heterocycles. The Morgan fingerprint density at radius 2 is 2.45 bits per heavy atom. The van der Waals surface area contributed by atoms with Crippen molar-refractivity contribution < 1.29 is 0 Å². The van der Waals surface area contributed by atoms with Crippen LogP contribution in [-0.2, 0) is 6.42 Å². The molecule has 0 saturated carbocycles. The second-order valence-electron chi connectivity index (χ2n) is 1.93. The highest BCUT2D eigenvalue weighted by Crippen LogP contribution is 2.19. The first kappa shape index (κ1) is 8.51. The van der Waals surface area contributed by atoms with Gasteiger partial charge in [-0.3, -0.25) is 0 Å². The highest BCUT2D eigenvalue weighted by atomic mass is 79.9. The van der Waals surface area contributed by atoms with Crippen molar-refractivity contribution in [3.05, 3.63) is 27.5 Å². The molecule has 2 nitrogen and oxygen atoms in total. The summed E-state index contributed by atoms with van der Waals surface area (Å²) in [6, 6.07) is 3.71. The van der Waals surface area contributed by atoms with Crippen molar-refractivity contribution in [1.82, 2.24) is 4.98 Å². The molecule has 56 valence electrons. The molecule has 0 aliphatic carbocycles. The van der Waals surface area contributed by atoms with E-state index < -0.39 is 0 Å². The van der Waals surface area contributed by atoms with Gasteiger partial charge in [0.05, 0.1) is 12.5 Å². The zero-order valence-electron chi connectivity index (χ0n) is 5.51. The highest BCUT2D eigenvalue weighted by Gasteiger charge is 1.99. The monoisotopic (exact) mass is 230 g/mol. The molecule has 4 heteroatoms. The van der Waals surface area contributed by atoms with Gasteiger partial charge in [-0.15, -0.1) is 0 Å². The van der Waals surface area contributed by atoms with E-state index in [1.165, 1.54) is 0 Å². The Balaban J connectivity index is 3.01. The Bertz CT molecular complexity index is 306. The topological polar surface area (TPSA) is 36.7 Å². The molecule has 0 N–H and O–H groups in total. The van der Waals surface area contributed by atoms with E-state index >= 15 is 0 Å². The lowest BCUT2D eigenvalue weighted by molar-refractivity contribution is 1.17. The van der Waals surface area contributed by atoms with Crippen LogP contribution in [0.15, 0.2) is 16.7 Å². The molecule has 0 bridgehead atoms. The van der Waals surface area contributed by atoms with Crippen LogP contribution in [0.5, 0.6) is 0 Å². The fourth-order valence-electron chi connectivity index (χ4n) is 0.651. The molecule has 0 unspecified atom stereocenters. The van der Waals surface area contributed by atoms with Gasteiger partial charge in [0.2, 0.25) is 0 Å². The van der Waals surface area contributed by atoms with Gasteiger partial charge in [0.25, 0.3) is 0 Å². The van der Waals surface area contributed by atoms with Crippen molar-refractivity contribution in [2.45, 2.75) is 6.42 Å². The molecular weight excluding hydrogens is 227 g/mol. The summed E-state index contributed by atoms with van der Waals surface area (Å²) in [5.74, 6) is 0. The maximum atomic E-state index is 8.38. The van der Waals surface area contributed by atoms with Crippen molar-refractivity contribution in [3.8, 4) is 6.07 Å². The largest absolute Gasteiger partial charge is 0.244 e. The minimum atomic E-state index is 0.352. The minimum Gasteiger partial charge on any atom is -0.244 e. The third kappa shape index (κ3) is 2.18. The molecular formula is C7H4BrClN2. The van der Waals surface area contributed by atoms with Gasteiger partial charge >= 0.3 is 0 Å². The summed E-state index contributed by atoms with van der Waals surface area (Å²) in [5, 5.41) is 8.81. The van der Waals surface area contributed by atoms with E-state index in [-0.39, 0.29) is 0 Å². The summed E-state index contributed by atoms with van der Waals surface area (Å²) >= 11 is 8.87. The Labute approximate surface area is 77.9 Å². The number of hydrogen-bond donors (Lipinski definition) is 0. The molecule has 1 rings (SSSR count). The molecule has 1 aromatic heterocycles. The number of rotatable bonds is 1. The van der Waals surface area contributed by atoms with Crippen molar-refractivity contribution in [1.29, 1.82) is 5.26 Å². The van der Waals surface area contributed by atoms with Gasteiger partial charge in [-0.2, -0.15) is 5.26 Å². The summed E-state index contributed by atoms with van der Waals surface area (Å²) < 4.78 is 0.832. The lowest BCUT2D eigenvalue weighted by Gasteiger charge is -1.97. The Morgan fingerprint density at radius 1 is 1.73 bits per heavy atom. The normalized spacial score (nSPS) is 9.18. The predicted octanol–water partition coefficient (Wildman–Crippen LogP) is 2.56. The van der Waals surface area contributed by atoms with Gasteiger partial charge in [-0.1, -0.05) is 27.5 Å². The van der Waals surface area contributed by atoms with Crippen LogP contribution in [0, 0.1) is 11.3 Å². The summed E-state index contributed by atoms with van der Waals surface area (Å²) in [7, 11) is 0. The maximum Gasteiger partial charge on any atom is 0.130 e. The zero-order chi connectivity index (χ0) is 8.27. The van der Waals surface area contributed by atoms with E-state index in [0.717, 1.165) is 10.0 Å². The first-order valence-electron chi connectivity index (χ1n) is 2.91. The lowest BCUT2D eigenvalue weighted by atomic mass is 10.2. The summed E-state index contributed by atoms with van der Waals surface area (Å²) in [6.07, 6.45) is 1.94. The SMILES string of the molecule is N#CCc1cnc(Cl)cc1Br. The average Bonchev–Trinajstić information content (AvgIpc) is 1.95. The number of nitrogens with zero attached hydrogens (tertiary/aromatic N) is 2. The Morgan fingerprint density at radius 3 is 3.00 bits per heavy atom. The first-order valence-corrected chi connectivity index (χ1v) is 4.08. The molecule has 0 spiro atoms. The van der Waals surface area contributed by atoms with Gasteiger partial charge in [0, 0.05) is 10.7 Å². The van der Waals surface area contributed by atoms with E-state index in [9.17, 15) is 0 Å². The number of nitriles is 1. The quantitative estimate of drug-likeness (QED) is 0.697.